The Morgan fingerprint density at radius 3 is 2.00 bits per heavy atom. The molecule has 0 fully saturated rings. The predicted molar refractivity (Wildman–Crippen MR) is 62.1 cm³/mol. The van der Waals surface area contributed by atoms with Gasteiger partial charge in [-0.15, -0.1) is 6.42 Å². The Hall–Kier alpha value is -0.480. The summed E-state index contributed by atoms with van der Waals surface area (Å²) in [5, 5.41) is 9.09. The Morgan fingerprint density at radius 1 is 1.00 bits per heavy atom. The molecule has 0 aliphatic rings. The topological polar surface area (TPSA) is 20.2 Å². The molecule has 0 aromatic carbocycles. The summed E-state index contributed by atoms with van der Waals surface area (Å²) in [5.74, 6) is 2.34. The summed E-state index contributed by atoms with van der Waals surface area (Å²) in [6.07, 6.45) is 15.7. The molecule has 1 heteroatoms. The van der Waals surface area contributed by atoms with Gasteiger partial charge in [0.25, 0.3) is 0 Å². The van der Waals surface area contributed by atoms with Crippen molar-refractivity contribution >= 4 is 0 Å². The number of aliphatic hydroxyl groups excluding tert-OH is 1. The van der Waals surface area contributed by atoms with Gasteiger partial charge in [-0.25, -0.2) is 0 Å². The molecule has 1 atom stereocenters. The smallest absolute Gasteiger partial charge is 0.114 e. The normalized spacial score (nSPS) is 12.4. The molecule has 0 amide bonds. The minimum atomic E-state index is -0.518. The van der Waals surface area contributed by atoms with Crippen molar-refractivity contribution in [3.8, 4) is 12.3 Å². The van der Waals surface area contributed by atoms with E-state index in [1.807, 2.05) is 0 Å². The van der Waals surface area contributed by atoms with E-state index in [9.17, 15) is 0 Å². The molecule has 0 rings (SSSR count). The van der Waals surface area contributed by atoms with Gasteiger partial charge in [-0.3, -0.25) is 0 Å². The minimum absolute atomic E-state index is 0.518. The van der Waals surface area contributed by atoms with Gasteiger partial charge in [0.2, 0.25) is 0 Å². The molecule has 0 saturated heterocycles. The molecule has 0 aromatic rings. The molecule has 0 unspecified atom stereocenters. The molecule has 0 spiro atoms. The maximum atomic E-state index is 9.09. The van der Waals surface area contributed by atoms with Gasteiger partial charge in [0.05, 0.1) is 0 Å². The fourth-order valence-corrected chi connectivity index (χ4v) is 1.55. The Bertz CT molecular complexity index is 146. The molecule has 1 nitrogen and oxygen atoms in total. The van der Waals surface area contributed by atoms with Crippen LogP contribution in [0, 0.1) is 12.3 Å². The van der Waals surface area contributed by atoms with E-state index < -0.39 is 6.10 Å². The number of hydrogen-bond donors (Lipinski definition) is 1. The third kappa shape index (κ3) is 9.61. The zero-order valence-corrected chi connectivity index (χ0v) is 9.47. The fourth-order valence-electron chi connectivity index (χ4n) is 1.55. The van der Waals surface area contributed by atoms with Gasteiger partial charge in [-0.1, -0.05) is 57.8 Å². The van der Waals surface area contributed by atoms with Crippen molar-refractivity contribution in [1.82, 2.24) is 0 Å². The summed E-state index contributed by atoms with van der Waals surface area (Å²) in [6.45, 7) is 2.24. The van der Waals surface area contributed by atoms with E-state index in [1.54, 1.807) is 0 Å². The van der Waals surface area contributed by atoms with Crippen molar-refractivity contribution < 1.29 is 5.11 Å². The average molecular weight is 196 g/mol. The lowest BCUT2D eigenvalue weighted by Gasteiger charge is -2.03. The van der Waals surface area contributed by atoms with Crippen LogP contribution < -0.4 is 0 Å². The molecule has 0 saturated carbocycles. The first kappa shape index (κ1) is 13.5. The molecule has 0 radical (unpaired) electrons. The first-order chi connectivity index (χ1) is 6.81. The van der Waals surface area contributed by atoms with E-state index in [0.717, 1.165) is 12.8 Å². The molecule has 82 valence electrons. The van der Waals surface area contributed by atoms with Crippen molar-refractivity contribution in [1.29, 1.82) is 0 Å². The molecular weight excluding hydrogens is 172 g/mol. The second-order valence-electron chi connectivity index (χ2n) is 3.95. The van der Waals surface area contributed by atoms with Crippen LogP contribution in [0.25, 0.3) is 0 Å². The average Bonchev–Trinajstić information content (AvgIpc) is 2.21. The highest BCUT2D eigenvalue weighted by Crippen LogP contribution is 2.10. The number of unbranched alkanes of at least 4 members (excludes halogenated alkanes) is 7. The highest BCUT2D eigenvalue weighted by atomic mass is 16.3. The largest absolute Gasteiger partial charge is 0.380 e. The van der Waals surface area contributed by atoms with Crippen molar-refractivity contribution in [3.05, 3.63) is 0 Å². The quantitative estimate of drug-likeness (QED) is 0.442. The van der Waals surface area contributed by atoms with Crippen LogP contribution in [0.15, 0.2) is 0 Å². The van der Waals surface area contributed by atoms with E-state index in [2.05, 4.69) is 12.8 Å². The van der Waals surface area contributed by atoms with Crippen LogP contribution in [0.1, 0.15) is 64.7 Å². The number of terminal acetylenes is 1. The van der Waals surface area contributed by atoms with Gasteiger partial charge in [0.15, 0.2) is 0 Å². The Labute approximate surface area is 88.9 Å². The van der Waals surface area contributed by atoms with E-state index in [0.29, 0.717) is 0 Å². The summed E-state index contributed by atoms with van der Waals surface area (Å²) in [7, 11) is 0. The lowest BCUT2D eigenvalue weighted by Crippen LogP contribution is -2.01. The van der Waals surface area contributed by atoms with Crippen LogP contribution in [-0.2, 0) is 0 Å². The van der Waals surface area contributed by atoms with E-state index in [-0.39, 0.29) is 0 Å². The standard InChI is InChI=1S/C13H24O/c1-3-5-6-7-8-9-10-11-12-13(14)4-2/h2,13-14H,3,5-12H2,1H3/t13-/m0/s1. The number of aliphatic hydroxyl groups is 1. The second kappa shape index (κ2) is 10.6. The Balaban J connectivity index is 2.96. The van der Waals surface area contributed by atoms with E-state index in [1.165, 1.54) is 44.9 Å². The molecule has 1 N–H and O–H groups in total. The third-order valence-corrected chi connectivity index (χ3v) is 2.52. The highest BCUT2D eigenvalue weighted by Gasteiger charge is 1.97. The molecule has 14 heavy (non-hydrogen) atoms. The third-order valence-electron chi connectivity index (χ3n) is 2.52. The van der Waals surface area contributed by atoms with Crippen LogP contribution in [-0.4, -0.2) is 11.2 Å². The molecular formula is C13H24O. The minimum Gasteiger partial charge on any atom is -0.380 e. The van der Waals surface area contributed by atoms with E-state index >= 15 is 0 Å². The van der Waals surface area contributed by atoms with Gasteiger partial charge in [-0.2, -0.15) is 0 Å². The summed E-state index contributed by atoms with van der Waals surface area (Å²) in [6, 6.07) is 0. The molecule has 0 bridgehead atoms. The monoisotopic (exact) mass is 196 g/mol. The molecule has 0 aliphatic heterocycles. The van der Waals surface area contributed by atoms with Crippen LogP contribution in [0.3, 0.4) is 0 Å². The SMILES string of the molecule is C#C[C@H](O)CCCCCCCCCC. The maximum absolute atomic E-state index is 9.09. The number of hydrogen-bond acceptors (Lipinski definition) is 1. The highest BCUT2D eigenvalue weighted by molar-refractivity contribution is 4.92. The van der Waals surface area contributed by atoms with Crippen molar-refractivity contribution in [2.75, 3.05) is 0 Å². The molecule has 0 aliphatic carbocycles. The summed E-state index contributed by atoms with van der Waals surface area (Å²) < 4.78 is 0. The van der Waals surface area contributed by atoms with Gasteiger partial charge >= 0.3 is 0 Å². The lowest BCUT2D eigenvalue weighted by atomic mass is 10.1. The summed E-state index contributed by atoms with van der Waals surface area (Å²) >= 11 is 0. The fraction of sp³-hybridized carbons (Fsp3) is 0.846. The lowest BCUT2D eigenvalue weighted by molar-refractivity contribution is 0.217. The van der Waals surface area contributed by atoms with Crippen molar-refractivity contribution in [2.24, 2.45) is 0 Å². The van der Waals surface area contributed by atoms with Crippen LogP contribution in [0.4, 0.5) is 0 Å². The maximum Gasteiger partial charge on any atom is 0.114 e. The Kier molecular flexibility index (Phi) is 10.2. The van der Waals surface area contributed by atoms with Gasteiger partial charge in [0.1, 0.15) is 6.10 Å². The van der Waals surface area contributed by atoms with Crippen LogP contribution >= 0.6 is 0 Å². The summed E-state index contributed by atoms with van der Waals surface area (Å²) in [4.78, 5) is 0. The van der Waals surface area contributed by atoms with Gasteiger partial charge in [0, 0.05) is 0 Å². The van der Waals surface area contributed by atoms with Crippen molar-refractivity contribution in [2.45, 2.75) is 70.8 Å². The van der Waals surface area contributed by atoms with Crippen LogP contribution in [0.2, 0.25) is 0 Å². The van der Waals surface area contributed by atoms with Gasteiger partial charge in [-0.05, 0) is 12.8 Å². The first-order valence-electron chi connectivity index (χ1n) is 5.95. The van der Waals surface area contributed by atoms with Gasteiger partial charge < -0.3 is 5.11 Å². The first-order valence-corrected chi connectivity index (χ1v) is 5.95. The number of rotatable bonds is 9. The summed E-state index contributed by atoms with van der Waals surface area (Å²) in [5.41, 5.74) is 0. The zero-order chi connectivity index (χ0) is 10.6. The van der Waals surface area contributed by atoms with E-state index in [4.69, 9.17) is 11.5 Å². The second-order valence-corrected chi connectivity index (χ2v) is 3.95. The molecule has 0 heterocycles. The Morgan fingerprint density at radius 2 is 1.50 bits per heavy atom. The van der Waals surface area contributed by atoms with Crippen LogP contribution in [0.5, 0.6) is 0 Å². The van der Waals surface area contributed by atoms with Crippen molar-refractivity contribution in [3.63, 3.8) is 0 Å². The zero-order valence-electron chi connectivity index (χ0n) is 9.47. The molecule has 0 aromatic heterocycles. The predicted octanol–water partition coefficient (Wildman–Crippen LogP) is 3.51.